The van der Waals surface area contributed by atoms with Crippen LogP contribution in [0, 0.1) is 0 Å². The van der Waals surface area contributed by atoms with Crippen LogP contribution < -0.4 is 5.32 Å². The number of imidazole rings is 1. The monoisotopic (exact) mass is 266 g/mol. The van der Waals surface area contributed by atoms with Crippen LogP contribution in [0.15, 0.2) is 18.3 Å². The van der Waals surface area contributed by atoms with E-state index in [2.05, 4.69) is 15.3 Å². The molecule has 0 saturated carbocycles. The zero-order chi connectivity index (χ0) is 13.1. The molecule has 96 valence electrons. The number of rotatable bonds is 4. The quantitative estimate of drug-likeness (QED) is 0.860. The number of aromatic nitrogens is 3. The summed E-state index contributed by atoms with van der Waals surface area (Å²) in [5, 5.41) is 2.56. The topological polar surface area (TPSA) is 59.8 Å². The van der Waals surface area contributed by atoms with Gasteiger partial charge in [-0.15, -0.1) is 11.6 Å². The Balaban J connectivity index is 2.33. The molecule has 0 spiro atoms. The molecule has 5 nitrogen and oxygen atoms in total. The van der Waals surface area contributed by atoms with Crippen molar-refractivity contribution in [3.8, 4) is 0 Å². The summed E-state index contributed by atoms with van der Waals surface area (Å²) in [5.74, 6) is 0.726. The number of alkyl halides is 1. The molecule has 18 heavy (non-hydrogen) atoms. The molecular weight excluding hydrogens is 252 g/mol. The molecule has 1 amide bonds. The van der Waals surface area contributed by atoms with Gasteiger partial charge in [-0.05, 0) is 19.1 Å². The smallest absolute Gasteiger partial charge is 0.216 e. The van der Waals surface area contributed by atoms with Crippen LogP contribution in [0.5, 0.6) is 0 Å². The molecule has 0 aliphatic carbocycles. The van der Waals surface area contributed by atoms with E-state index >= 15 is 0 Å². The Bertz CT molecular complexity index is 564. The van der Waals surface area contributed by atoms with Crippen molar-refractivity contribution in [1.29, 1.82) is 0 Å². The molecule has 1 atom stereocenters. The average Bonchev–Trinajstić information content (AvgIpc) is 2.68. The van der Waals surface area contributed by atoms with E-state index < -0.39 is 0 Å². The Kier molecular flexibility index (Phi) is 3.81. The second kappa shape index (κ2) is 5.35. The number of pyridine rings is 1. The second-order valence-corrected chi connectivity index (χ2v) is 4.72. The highest BCUT2D eigenvalue weighted by Crippen LogP contribution is 2.22. The number of fused-ring (bicyclic) bond motifs is 1. The van der Waals surface area contributed by atoms with Crippen LogP contribution >= 0.6 is 11.6 Å². The zero-order valence-electron chi connectivity index (χ0n) is 10.4. The fraction of sp³-hybridized carbons (Fsp3) is 0.417. The van der Waals surface area contributed by atoms with Crippen LogP contribution in [0.25, 0.3) is 11.2 Å². The van der Waals surface area contributed by atoms with E-state index in [0.29, 0.717) is 13.1 Å². The number of amides is 1. The predicted molar refractivity (Wildman–Crippen MR) is 70.5 cm³/mol. The van der Waals surface area contributed by atoms with E-state index in [1.54, 1.807) is 6.20 Å². The summed E-state index contributed by atoms with van der Waals surface area (Å²) in [5.41, 5.74) is 1.62. The molecule has 2 heterocycles. The van der Waals surface area contributed by atoms with Crippen molar-refractivity contribution in [2.75, 3.05) is 6.54 Å². The summed E-state index contributed by atoms with van der Waals surface area (Å²) in [4.78, 5) is 19.7. The van der Waals surface area contributed by atoms with E-state index in [0.717, 1.165) is 17.0 Å². The Morgan fingerprint density at radius 3 is 3.06 bits per heavy atom. The zero-order valence-corrected chi connectivity index (χ0v) is 11.1. The van der Waals surface area contributed by atoms with Crippen molar-refractivity contribution in [3.63, 3.8) is 0 Å². The molecule has 0 aromatic carbocycles. The van der Waals surface area contributed by atoms with Crippen molar-refractivity contribution in [2.45, 2.75) is 25.8 Å². The van der Waals surface area contributed by atoms with Crippen LogP contribution in [-0.2, 0) is 11.3 Å². The molecule has 0 saturated heterocycles. The maximum Gasteiger partial charge on any atom is 0.216 e. The summed E-state index contributed by atoms with van der Waals surface area (Å²) in [6.07, 6.45) is 1.72. The highest BCUT2D eigenvalue weighted by atomic mass is 35.5. The lowest BCUT2D eigenvalue weighted by atomic mass is 10.4. The molecule has 0 fully saturated rings. The Morgan fingerprint density at radius 1 is 1.61 bits per heavy atom. The largest absolute Gasteiger partial charge is 0.355 e. The van der Waals surface area contributed by atoms with Gasteiger partial charge in [-0.1, -0.05) is 0 Å². The van der Waals surface area contributed by atoms with Gasteiger partial charge in [0.05, 0.1) is 5.38 Å². The molecule has 1 unspecified atom stereocenters. The van der Waals surface area contributed by atoms with Gasteiger partial charge in [0.25, 0.3) is 0 Å². The lowest BCUT2D eigenvalue weighted by Gasteiger charge is -2.09. The van der Waals surface area contributed by atoms with Gasteiger partial charge in [-0.3, -0.25) is 4.79 Å². The van der Waals surface area contributed by atoms with Gasteiger partial charge in [-0.25, -0.2) is 9.97 Å². The minimum absolute atomic E-state index is 0.0483. The lowest BCUT2D eigenvalue weighted by molar-refractivity contribution is -0.118. The number of nitrogens with one attached hydrogen (secondary N) is 1. The molecule has 0 bridgehead atoms. The number of carbonyl (C=O) groups excluding carboxylic acids is 1. The third-order valence-electron chi connectivity index (χ3n) is 2.60. The molecule has 0 aliphatic heterocycles. The highest BCUT2D eigenvalue weighted by Gasteiger charge is 2.15. The van der Waals surface area contributed by atoms with E-state index in [-0.39, 0.29) is 11.3 Å². The SMILES string of the molecule is CC(=O)NCCn1c(C(C)Cl)nc2cccnc21. The highest BCUT2D eigenvalue weighted by molar-refractivity contribution is 6.20. The number of nitrogens with zero attached hydrogens (tertiary/aromatic N) is 3. The molecule has 1 N–H and O–H groups in total. The fourth-order valence-electron chi connectivity index (χ4n) is 1.84. The van der Waals surface area contributed by atoms with E-state index in [1.165, 1.54) is 6.92 Å². The Labute approximate surface area is 110 Å². The molecule has 0 radical (unpaired) electrons. The van der Waals surface area contributed by atoms with Gasteiger partial charge in [0.1, 0.15) is 11.3 Å². The third kappa shape index (κ3) is 2.61. The normalized spacial score (nSPS) is 12.6. The first kappa shape index (κ1) is 12.8. The fourth-order valence-corrected chi connectivity index (χ4v) is 2.01. The van der Waals surface area contributed by atoms with Crippen molar-refractivity contribution < 1.29 is 4.79 Å². The van der Waals surface area contributed by atoms with Crippen LogP contribution in [0.1, 0.15) is 25.0 Å². The first-order valence-corrected chi connectivity index (χ1v) is 6.23. The van der Waals surface area contributed by atoms with E-state index in [9.17, 15) is 4.79 Å². The summed E-state index contributed by atoms with van der Waals surface area (Å²) in [6, 6.07) is 3.75. The van der Waals surface area contributed by atoms with Crippen LogP contribution in [0.2, 0.25) is 0 Å². The molecule has 6 heteroatoms. The summed E-state index contributed by atoms with van der Waals surface area (Å²) < 4.78 is 1.95. The molecule has 2 aromatic rings. The average molecular weight is 267 g/mol. The van der Waals surface area contributed by atoms with Gasteiger partial charge in [0.2, 0.25) is 5.91 Å². The maximum absolute atomic E-state index is 10.9. The van der Waals surface area contributed by atoms with Crippen LogP contribution in [0.3, 0.4) is 0 Å². The predicted octanol–water partition coefficient (Wildman–Crippen LogP) is 1.87. The van der Waals surface area contributed by atoms with Gasteiger partial charge in [0, 0.05) is 26.2 Å². The number of hydrogen-bond acceptors (Lipinski definition) is 3. The standard InChI is InChI=1S/C12H15ClN4O/c1-8(13)11-16-10-4-3-5-15-12(10)17(11)7-6-14-9(2)18/h3-5,8H,6-7H2,1-2H3,(H,14,18). The number of hydrogen-bond donors (Lipinski definition) is 1. The molecule has 2 rings (SSSR count). The molecule has 2 aromatic heterocycles. The summed E-state index contributed by atoms with van der Waals surface area (Å²) >= 11 is 6.12. The Hall–Kier alpha value is -1.62. The van der Waals surface area contributed by atoms with Gasteiger partial charge >= 0.3 is 0 Å². The first-order chi connectivity index (χ1) is 8.59. The van der Waals surface area contributed by atoms with Crippen molar-refractivity contribution in [3.05, 3.63) is 24.2 Å². The van der Waals surface area contributed by atoms with E-state index in [1.807, 2.05) is 23.6 Å². The summed E-state index contributed by atoms with van der Waals surface area (Å²) in [7, 11) is 0. The third-order valence-corrected chi connectivity index (χ3v) is 2.79. The minimum atomic E-state index is -0.198. The van der Waals surface area contributed by atoms with Gasteiger partial charge in [-0.2, -0.15) is 0 Å². The number of carbonyl (C=O) groups is 1. The maximum atomic E-state index is 10.9. The first-order valence-electron chi connectivity index (χ1n) is 5.79. The van der Waals surface area contributed by atoms with Crippen LogP contribution in [-0.4, -0.2) is 27.0 Å². The number of halogens is 1. The molecular formula is C12H15ClN4O. The summed E-state index contributed by atoms with van der Waals surface area (Å²) in [6.45, 7) is 4.51. The van der Waals surface area contributed by atoms with Gasteiger partial charge in [0.15, 0.2) is 5.65 Å². The van der Waals surface area contributed by atoms with Crippen molar-refractivity contribution >= 4 is 28.7 Å². The lowest BCUT2D eigenvalue weighted by Crippen LogP contribution is -2.25. The van der Waals surface area contributed by atoms with Crippen LogP contribution in [0.4, 0.5) is 0 Å². The van der Waals surface area contributed by atoms with Gasteiger partial charge < -0.3 is 9.88 Å². The van der Waals surface area contributed by atoms with Crippen molar-refractivity contribution in [2.24, 2.45) is 0 Å². The molecule has 0 aliphatic rings. The second-order valence-electron chi connectivity index (χ2n) is 4.07. The minimum Gasteiger partial charge on any atom is -0.355 e. The van der Waals surface area contributed by atoms with E-state index in [4.69, 9.17) is 11.6 Å². The van der Waals surface area contributed by atoms with Crippen molar-refractivity contribution in [1.82, 2.24) is 19.9 Å². The Morgan fingerprint density at radius 2 is 2.39 bits per heavy atom.